The Morgan fingerprint density at radius 2 is 1.30 bits per heavy atom. The second kappa shape index (κ2) is 39.2. The molecule has 7 aromatic rings. The summed E-state index contributed by atoms with van der Waals surface area (Å²) in [5.74, 6) is -15.3. The van der Waals surface area contributed by atoms with E-state index in [1.807, 2.05) is 39.8 Å². The average Bonchev–Trinajstić information content (AvgIpc) is 0.767. The normalized spacial score (nSPS) is 26.1. The maximum absolute atomic E-state index is 16.3. The maximum Gasteiger partial charge on any atom is 0.261 e. The van der Waals surface area contributed by atoms with Gasteiger partial charge in [0.2, 0.25) is 53.4 Å². The van der Waals surface area contributed by atoms with Gasteiger partial charge in [-0.2, -0.15) is 0 Å². The lowest BCUT2D eigenvalue weighted by Gasteiger charge is -2.48. The minimum absolute atomic E-state index is 0.115. The van der Waals surface area contributed by atoms with Gasteiger partial charge in [-0.1, -0.05) is 93.4 Å². The molecule has 37 nitrogen and oxygen atoms in total. The van der Waals surface area contributed by atoms with Gasteiger partial charge in [0.25, 0.3) is 11.8 Å². The maximum atomic E-state index is 16.3. The molecule has 662 valence electrons. The summed E-state index contributed by atoms with van der Waals surface area (Å²) in [6, 6.07) is 14.0. The van der Waals surface area contributed by atoms with Crippen LogP contribution < -0.4 is 78.6 Å². The summed E-state index contributed by atoms with van der Waals surface area (Å²) in [5.41, 5.74) is 9.37. The van der Waals surface area contributed by atoms with Crippen LogP contribution in [0.15, 0.2) is 127 Å². The van der Waals surface area contributed by atoms with Gasteiger partial charge in [-0.15, -0.1) is 0 Å². The number of nitrogens with one attached hydrogen (secondary N) is 11. The Balaban J connectivity index is 1.01. The molecule has 7 aliphatic heterocycles. The number of aromatic hydroxyl groups is 3. The van der Waals surface area contributed by atoms with E-state index in [0.717, 1.165) is 66.2 Å². The molecule has 23 N–H and O–H groups in total. The number of benzene rings is 7. The van der Waals surface area contributed by atoms with Gasteiger partial charge in [0.15, 0.2) is 23.9 Å². The number of halogens is 2. The fourth-order valence-corrected chi connectivity index (χ4v) is 15.6. The van der Waals surface area contributed by atoms with Gasteiger partial charge in [-0.05, 0) is 157 Å². The molecular formula is C85H98Cl2N12O25. The quantitative estimate of drug-likeness (QED) is 0.0343. The number of hydrazine groups is 1. The number of anilines is 1. The van der Waals surface area contributed by atoms with E-state index in [0.29, 0.717) is 16.8 Å². The van der Waals surface area contributed by atoms with Crippen molar-refractivity contribution in [1.29, 1.82) is 0 Å². The largest absolute Gasteiger partial charge is 0.508 e. The van der Waals surface area contributed by atoms with E-state index < -0.39 is 244 Å². The number of phenolic OH excluding ortho intramolecular Hbond substituents is 3. The predicted molar refractivity (Wildman–Crippen MR) is 442 cm³/mol. The van der Waals surface area contributed by atoms with Gasteiger partial charge in [0.1, 0.15) is 95.5 Å². The molecule has 18 atom stereocenters. The fourth-order valence-electron chi connectivity index (χ4n) is 15.2. The first-order chi connectivity index (χ1) is 58.9. The van der Waals surface area contributed by atoms with Crippen molar-refractivity contribution in [2.45, 2.75) is 183 Å². The molecule has 0 spiro atoms. The molecule has 11 bridgehead atoms. The van der Waals surface area contributed by atoms with E-state index in [-0.39, 0.29) is 71.1 Å². The number of nitrogens with two attached hydrogens (primary N) is 1. The molecule has 7 aliphatic rings. The Morgan fingerprint density at radius 1 is 0.669 bits per heavy atom. The molecular weight excluding hydrogens is 1660 g/mol. The molecule has 0 radical (unpaired) electrons. The minimum Gasteiger partial charge on any atom is -0.508 e. The number of fused-ring (bicyclic) bond motifs is 15. The van der Waals surface area contributed by atoms with Gasteiger partial charge >= 0.3 is 0 Å². The molecule has 2 fully saturated rings. The highest BCUT2D eigenvalue weighted by Crippen LogP contribution is 2.50. The molecule has 7 aromatic carbocycles. The first-order valence-corrected chi connectivity index (χ1v) is 40.5. The van der Waals surface area contributed by atoms with Crippen molar-refractivity contribution in [3.8, 4) is 57.1 Å². The molecule has 124 heavy (non-hydrogen) atoms. The number of amides is 9. The average molecular weight is 1760 g/mol. The number of aliphatic hydroxyl groups excluding tert-OH is 7. The van der Waals surface area contributed by atoms with Crippen molar-refractivity contribution in [1.82, 2.24) is 53.4 Å². The van der Waals surface area contributed by atoms with Crippen LogP contribution >= 0.6 is 23.2 Å². The highest BCUT2D eigenvalue weighted by molar-refractivity contribution is 6.32. The number of hydrogen-bond donors (Lipinski definition) is 22. The molecule has 0 saturated carbocycles. The van der Waals surface area contributed by atoms with Crippen LogP contribution in [0.4, 0.5) is 5.69 Å². The lowest BCUT2D eigenvalue weighted by molar-refractivity contribution is -0.334. The lowest BCUT2D eigenvalue weighted by Crippen LogP contribution is -2.65. The van der Waals surface area contributed by atoms with Crippen LogP contribution in [0, 0.1) is 5.92 Å². The summed E-state index contributed by atoms with van der Waals surface area (Å²) in [6.45, 7) is 9.31. The summed E-state index contributed by atoms with van der Waals surface area (Å²) < 4.78 is 39.6. The summed E-state index contributed by atoms with van der Waals surface area (Å²) >= 11 is 14.4. The van der Waals surface area contributed by atoms with Crippen molar-refractivity contribution >= 4 is 82.1 Å². The number of likely N-dealkylation sites (N-methyl/N-ethyl adjacent to an activating group) is 1. The van der Waals surface area contributed by atoms with E-state index >= 15 is 24.0 Å². The second-order valence-corrected chi connectivity index (χ2v) is 32.5. The third kappa shape index (κ3) is 20.7. The Labute approximate surface area is 719 Å². The van der Waals surface area contributed by atoms with Crippen LogP contribution in [0.3, 0.4) is 0 Å². The number of ether oxygens (including phenoxy) is 6. The molecule has 0 aliphatic carbocycles. The Morgan fingerprint density at radius 3 is 1.91 bits per heavy atom. The molecule has 39 heteroatoms. The third-order valence-corrected chi connectivity index (χ3v) is 22.5. The zero-order valence-electron chi connectivity index (χ0n) is 68.0. The number of rotatable bonds is 22. The molecule has 0 aromatic heterocycles. The molecule has 14 rings (SSSR count). The first-order valence-electron chi connectivity index (χ1n) is 39.8. The molecule has 18 unspecified atom stereocenters. The van der Waals surface area contributed by atoms with Crippen molar-refractivity contribution < 1.29 is 123 Å². The SMILES string of the molecule is CNC(CC(C)C)C(=O)NC1C(=O)NC(CC(N)=O)C(=O)NC2C(=O)NC3C(=O)NC(C(=O)NC(C(=O)NNCCO)c4cc(O)cc(O)c4-c4cc3ccc4O)C(O)c3ccc(c(Cl)c3)Oc3cc2cc(c3OC2OC(CO)C(O)C(O)C2OC2CC(C)(NCc3ccc(NC(=O)c4ccc(C(C)C)cc4)cc3)C(O)C(C)O2)Oc2ccc(cc2Cl)C1O. The van der Waals surface area contributed by atoms with Crippen molar-refractivity contribution in [3.05, 3.63) is 182 Å². The minimum atomic E-state index is -2.38. The van der Waals surface area contributed by atoms with Crippen LogP contribution in [0.2, 0.25) is 10.0 Å². The van der Waals surface area contributed by atoms with E-state index in [1.54, 1.807) is 50.2 Å². The van der Waals surface area contributed by atoms with Gasteiger partial charge in [0.05, 0.1) is 47.9 Å². The lowest BCUT2D eigenvalue weighted by atomic mass is 9.84. The van der Waals surface area contributed by atoms with Crippen LogP contribution in [-0.2, 0) is 59.1 Å². The van der Waals surface area contributed by atoms with Crippen LogP contribution in [0.1, 0.15) is 146 Å². The van der Waals surface area contributed by atoms with Crippen LogP contribution in [0.5, 0.6) is 46.0 Å². The van der Waals surface area contributed by atoms with Gasteiger partial charge < -0.3 is 133 Å². The highest BCUT2D eigenvalue weighted by Gasteiger charge is 2.52. The summed E-state index contributed by atoms with van der Waals surface area (Å²) in [4.78, 5) is 133. The topological polar surface area (TPSA) is 570 Å². The van der Waals surface area contributed by atoms with Gasteiger partial charge in [0, 0.05) is 53.5 Å². The van der Waals surface area contributed by atoms with Crippen molar-refractivity contribution in [2.24, 2.45) is 11.7 Å². The number of primary amides is 1. The fraction of sp³-hybridized carbons (Fsp3) is 0.400. The highest BCUT2D eigenvalue weighted by atomic mass is 35.5. The number of carbonyl (C=O) groups is 9. The van der Waals surface area contributed by atoms with E-state index in [9.17, 15) is 70.2 Å². The van der Waals surface area contributed by atoms with Gasteiger partial charge in [-0.3, -0.25) is 48.6 Å². The zero-order valence-corrected chi connectivity index (χ0v) is 69.5. The van der Waals surface area contributed by atoms with Crippen molar-refractivity contribution in [2.75, 3.05) is 32.1 Å². The predicted octanol–water partition coefficient (Wildman–Crippen LogP) is 2.84. The molecule has 2 saturated heterocycles. The number of phenols is 3. The summed E-state index contributed by atoms with van der Waals surface area (Å²) in [7, 11) is 1.47. The van der Waals surface area contributed by atoms with E-state index in [4.69, 9.17) is 57.4 Å². The second-order valence-electron chi connectivity index (χ2n) is 31.7. The number of aliphatic hydroxyl groups is 7. The Bertz CT molecular complexity index is 5170. The van der Waals surface area contributed by atoms with Crippen molar-refractivity contribution in [3.63, 3.8) is 0 Å². The third-order valence-electron chi connectivity index (χ3n) is 21.9. The summed E-state index contributed by atoms with van der Waals surface area (Å²) in [5, 5.41) is 140. The molecule has 7 heterocycles. The smallest absolute Gasteiger partial charge is 0.261 e. The number of carbonyl (C=O) groups excluding carboxylic acids is 9. The molecule has 9 amide bonds. The van der Waals surface area contributed by atoms with Gasteiger partial charge in [-0.25, -0.2) is 5.43 Å². The van der Waals surface area contributed by atoms with Crippen LogP contribution in [-0.4, -0.2) is 210 Å². The van der Waals surface area contributed by atoms with E-state index in [2.05, 4.69) is 58.7 Å². The Hall–Kier alpha value is -11.4. The van der Waals surface area contributed by atoms with E-state index in [1.165, 1.54) is 25.2 Å². The first kappa shape index (κ1) is 91.8. The number of hydrogen-bond acceptors (Lipinski definition) is 28. The summed E-state index contributed by atoms with van der Waals surface area (Å²) in [6.07, 6.45) is -19.0. The standard InChI is InChI=1S/C85H98Cl2N12O25/c1-36(2)24-52(89-7)77(112)97-67-69(106)43-15-20-56(50(86)26-43)120-58-28-45-29-59(73(58)124-84-74(72(109)71(108)60(35-101)122-84)123-62-33-85(6,75(110)38(5)119-62)90-34-39-8-17-46(18-9-39)92-76(111)41-12-10-40(11-13-41)37(3)4)121-57-21-16-44(27-51(57)87)70(107)68-82(117)96-66(83(118)99-91-22-23-100)49-30-47(102)31-55(104)63(49)48-25-42(14-19-54(48)103)64(79(114)98-68)95-80(115)65(45)94-78(113)53(32-61(88)105)93-81(67)116/h8-21,25-31,36-38,52-53,60,62,64-72,74-75,84,89-91,100-104,106-110H,22-24,32-35H2,1-7H3,(H2,88,105)(H,92,111)(H,93,116)(H,94,113)(H,95,115)(H,96,117)(H,97,112)(H,98,114)(H,99,118). The Kier molecular flexibility index (Phi) is 29.0. The van der Waals surface area contributed by atoms with Crippen LogP contribution in [0.25, 0.3) is 11.1 Å². The monoisotopic (exact) mass is 1760 g/mol. The zero-order chi connectivity index (χ0) is 89.6.